The summed E-state index contributed by atoms with van der Waals surface area (Å²) in [5.74, 6) is 0.403. The van der Waals surface area contributed by atoms with E-state index in [-0.39, 0.29) is 5.75 Å². The van der Waals surface area contributed by atoms with Crippen molar-refractivity contribution in [1.29, 1.82) is 0 Å². The van der Waals surface area contributed by atoms with Gasteiger partial charge in [-0.15, -0.1) is 13.2 Å². The van der Waals surface area contributed by atoms with Crippen molar-refractivity contribution in [3.05, 3.63) is 30.3 Å². The molecule has 2 N–H and O–H groups in total. The Labute approximate surface area is 101 Å². The minimum atomic E-state index is -4.67. The molecular formula is C11H10F3N3O. The van der Waals surface area contributed by atoms with Crippen LogP contribution in [0.25, 0.3) is 11.3 Å². The Balaban J connectivity index is 2.17. The second-order valence-corrected chi connectivity index (χ2v) is 3.49. The van der Waals surface area contributed by atoms with Crippen LogP contribution >= 0.6 is 0 Å². The smallest absolute Gasteiger partial charge is 0.406 e. The predicted octanol–water partition coefficient (Wildman–Crippen LogP) is 3.02. The summed E-state index contributed by atoms with van der Waals surface area (Å²) in [6.07, 6.45) is -4.67. The van der Waals surface area contributed by atoms with Crippen molar-refractivity contribution in [1.82, 2.24) is 10.2 Å². The zero-order valence-electron chi connectivity index (χ0n) is 9.38. The third-order valence-electron chi connectivity index (χ3n) is 2.23. The maximum Gasteiger partial charge on any atom is 0.573 e. The Morgan fingerprint density at radius 1 is 1.22 bits per heavy atom. The maximum absolute atomic E-state index is 12.0. The number of aromatic amines is 1. The van der Waals surface area contributed by atoms with Gasteiger partial charge in [-0.2, -0.15) is 5.10 Å². The molecule has 0 spiro atoms. The first-order chi connectivity index (χ1) is 8.48. The number of halogens is 3. The zero-order valence-corrected chi connectivity index (χ0v) is 9.38. The van der Waals surface area contributed by atoms with E-state index >= 15 is 0 Å². The average molecular weight is 257 g/mol. The van der Waals surface area contributed by atoms with Gasteiger partial charge in [0.25, 0.3) is 0 Å². The molecule has 0 saturated heterocycles. The van der Waals surface area contributed by atoms with E-state index in [4.69, 9.17) is 0 Å². The quantitative estimate of drug-likeness (QED) is 0.888. The topological polar surface area (TPSA) is 49.9 Å². The molecule has 1 aromatic heterocycles. The number of nitrogens with zero attached hydrogens (tertiary/aromatic N) is 1. The van der Waals surface area contributed by atoms with Gasteiger partial charge < -0.3 is 10.1 Å². The maximum atomic E-state index is 12.0. The molecule has 2 rings (SSSR count). The van der Waals surface area contributed by atoms with Crippen LogP contribution in [0.15, 0.2) is 30.3 Å². The molecule has 1 aromatic carbocycles. The van der Waals surface area contributed by atoms with E-state index in [1.165, 1.54) is 24.3 Å². The molecule has 1 heterocycles. The first-order valence-electron chi connectivity index (χ1n) is 5.07. The van der Waals surface area contributed by atoms with Crippen molar-refractivity contribution in [3.8, 4) is 17.0 Å². The molecule has 0 fully saturated rings. The van der Waals surface area contributed by atoms with Gasteiger partial charge in [-0.25, -0.2) is 0 Å². The minimum absolute atomic E-state index is 0.250. The van der Waals surface area contributed by atoms with E-state index in [0.29, 0.717) is 11.5 Å². The summed E-state index contributed by atoms with van der Waals surface area (Å²) < 4.78 is 39.7. The monoisotopic (exact) mass is 257 g/mol. The highest BCUT2D eigenvalue weighted by molar-refractivity contribution is 5.63. The van der Waals surface area contributed by atoms with Crippen molar-refractivity contribution >= 4 is 5.82 Å². The molecule has 0 radical (unpaired) electrons. The summed E-state index contributed by atoms with van der Waals surface area (Å²) in [6.45, 7) is 0. The summed E-state index contributed by atoms with van der Waals surface area (Å²) in [4.78, 5) is 0. The number of anilines is 1. The Bertz CT molecular complexity index is 519. The fourth-order valence-electron chi connectivity index (χ4n) is 1.43. The molecule has 0 aliphatic carbocycles. The standard InChI is InChI=1S/C11H10F3N3O/c1-15-10-6-9(16-17-10)7-2-4-8(5-3-7)18-11(12,13)14/h2-6H,1H3,(H2,15,16,17). The Kier molecular flexibility index (Phi) is 3.14. The summed E-state index contributed by atoms with van der Waals surface area (Å²) in [5, 5.41) is 9.55. The van der Waals surface area contributed by atoms with Gasteiger partial charge in [-0.3, -0.25) is 5.10 Å². The van der Waals surface area contributed by atoms with E-state index in [2.05, 4.69) is 20.3 Å². The molecular weight excluding hydrogens is 247 g/mol. The molecule has 0 bridgehead atoms. The Morgan fingerprint density at radius 3 is 2.39 bits per heavy atom. The van der Waals surface area contributed by atoms with Crippen LogP contribution < -0.4 is 10.1 Å². The lowest BCUT2D eigenvalue weighted by atomic mass is 10.1. The zero-order chi connectivity index (χ0) is 13.2. The van der Waals surface area contributed by atoms with Crippen LogP contribution in [0.4, 0.5) is 19.0 Å². The molecule has 96 valence electrons. The lowest BCUT2D eigenvalue weighted by Crippen LogP contribution is -2.16. The number of rotatable bonds is 3. The fraction of sp³-hybridized carbons (Fsp3) is 0.182. The lowest BCUT2D eigenvalue weighted by molar-refractivity contribution is -0.274. The number of H-pyrrole nitrogens is 1. The number of hydrogen-bond donors (Lipinski definition) is 2. The van der Waals surface area contributed by atoms with Gasteiger partial charge in [0.1, 0.15) is 11.6 Å². The molecule has 0 aliphatic rings. The normalized spacial score (nSPS) is 11.3. The van der Waals surface area contributed by atoms with Gasteiger partial charge in [0.05, 0.1) is 5.69 Å². The largest absolute Gasteiger partial charge is 0.573 e. The van der Waals surface area contributed by atoms with Gasteiger partial charge in [0.2, 0.25) is 0 Å². The molecule has 2 aromatic rings. The van der Waals surface area contributed by atoms with Gasteiger partial charge in [0.15, 0.2) is 0 Å². The van der Waals surface area contributed by atoms with Gasteiger partial charge >= 0.3 is 6.36 Å². The molecule has 0 saturated carbocycles. The minimum Gasteiger partial charge on any atom is -0.406 e. The van der Waals surface area contributed by atoms with Gasteiger partial charge in [-0.1, -0.05) is 0 Å². The van der Waals surface area contributed by atoms with Crippen LogP contribution in [-0.4, -0.2) is 23.6 Å². The third-order valence-corrected chi connectivity index (χ3v) is 2.23. The summed E-state index contributed by atoms with van der Waals surface area (Å²) in [5.41, 5.74) is 1.43. The van der Waals surface area contributed by atoms with Crippen LogP contribution in [0.3, 0.4) is 0 Å². The van der Waals surface area contributed by atoms with Crippen molar-refractivity contribution in [2.75, 3.05) is 12.4 Å². The number of hydrogen-bond acceptors (Lipinski definition) is 3. The van der Waals surface area contributed by atoms with Gasteiger partial charge in [0, 0.05) is 13.1 Å². The number of nitrogens with one attached hydrogen (secondary N) is 2. The van der Waals surface area contributed by atoms with Crippen molar-refractivity contribution < 1.29 is 17.9 Å². The van der Waals surface area contributed by atoms with Crippen LogP contribution in [-0.2, 0) is 0 Å². The fourth-order valence-corrected chi connectivity index (χ4v) is 1.43. The SMILES string of the molecule is CNc1cc(-c2ccc(OC(F)(F)F)cc2)[nH]n1. The molecule has 0 amide bonds. The second kappa shape index (κ2) is 4.59. The molecule has 7 heteroatoms. The Hall–Kier alpha value is -2.18. The predicted molar refractivity (Wildman–Crippen MR) is 60.3 cm³/mol. The van der Waals surface area contributed by atoms with E-state index in [0.717, 1.165) is 5.56 Å². The van der Waals surface area contributed by atoms with Crippen molar-refractivity contribution in [2.24, 2.45) is 0 Å². The highest BCUT2D eigenvalue weighted by Crippen LogP contribution is 2.26. The number of benzene rings is 1. The van der Waals surface area contributed by atoms with Crippen LogP contribution in [0.5, 0.6) is 5.75 Å². The molecule has 4 nitrogen and oxygen atoms in total. The highest BCUT2D eigenvalue weighted by atomic mass is 19.4. The van der Waals surface area contributed by atoms with Gasteiger partial charge in [-0.05, 0) is 29.8 Å². The Morgan fingerprint density at radius 2 is 1.89 bits per heavy atom. The molecule has 0 unspecified atom stereocenters. The second-order valence-electron chi connectivity index (χ2n) is 3.49. The van der Waals surface area contributed by atoms with E-state index in [1.807, 2.05) is 0 Å². The van der Waals surface area contributed by atoms with Crippen LogP contribution in [0.2, 0.25) is 0 Å². The number of alkyl halides is 3. The number of ether oxygens (including phenoxy) is 1. The number of aromatic nitrogens is 2. The van der Waals surface area contributed by atoms with E-state index in [1.54, 1.807) is 13.1 Å². The average Bonchev–Trinajstić information content (AvgIpc) is 2.76. The summed E-state index contributed by atoms with van der Waals surface area (Å²) in [6, 6.07) is 7.30. The first-order valence-corrected chi connectivity index (χ1v) is 5.07. The van der Waals surface area contributed by atoms with E-state index in [9.17, 15) is 13.2 Å². The highest BCUT2D eigenvalue weighted by Gasteiger charge is 2.30. The summed E-state index contributed by atoms with van der Waals surface area (Å²) >= 11 is 0. The first kappa shape index (κ1) is 12.3. The van der Waals surface area contributed by atoms with Crippen molar-refractivity contribution in [3.63, 3.8) is 0 Å². The van der Waals surface area contributed by atoms with Crippen LogP contribution in [0.1, 0.15) is 0 Å². The molecule has 18 heavy (non-hydrogen) atoms. The molecule has 0 atom stereocenters. The lowest BCUT2D eigenvalue weighted by Gasteiger charge is -2.08. The van der Waals surface area contributed by atoms with Crippen molar-refractivity contribution in [2.45, 2.75) is 6.36 Å². The van der Waals surface area contributed by atoms with Crippen LogP contribution in [0, 0.1) is 0 Å². The molecule has 0 aliphatic heterocycles. The summed E-state index contributed by atoms with van der Waals surface area (Å²) in [7, 11) is 1.72. The third kappa shape index (κ3) is 2.93. The van der Waals surface area contributed by atoms with E-state index < -0.39 is 6.36 Å².